The highest BCUT2D eigenvalue weighted by atomic mass is 16.1. The number of ketones is 1. The second-order valence-electron chi connectivity index (χ2n) is 5.63. The second kappa shape index (κ2) is 4.41. The molecule has 3 fully saturated rings. The van der Waals surface area contributed by atoms with Gasteiger partial charge in [-0.25, -0.2) is 0 Å². The summed E-state index contributed by atoms with van der Waals surface area (Å²) >= 11 is 0. The summed E-state index contributed by atoms with van der Waals surface area (Å²) in [5, 5.41) is 2.96. The molecule has 0 radical (unpaired) electrons. The minimum atomic E-state index is 0.180. The number of carbonyl (C=O) groups excluding carboxylic acids is 2. The SMILES string of the molecule is O=C1CC2CCCC(C1)N2C1CCC(=O)NC1. The molecule has 3 rings (SSSR count). The van der Waals surface area contributed by atoms with Gasteiger partial charge in [-0.2, -0.15) is 0 Å². The van der Waals surface area contributed by atoms with Crippen LogP contribution in [0.15, 0.2) is 0 Å². The van der Waals surface area contributed by atoms with Gasteiger partial charge in [-0.15, -0.1) is 0 Å². The first-order chi connectivity index (χ1) is 8.24. The lowest BCUT2D eigenvalue weighted by atomic mass is 9.81. The number of fused-ring (bicyclic) bond motifs is 2. The summed E-state index contributed by atoms with van der Waals surface area (Å²) in [6.07, 6.45) is 6.67. The van der Waals surface area contributed by atoms with Crippen LogP contribution in [-0.4, -0.2) is 41.3 Å². The number of rotatable bonds is 1. The number of nitrogens with one attached hydrogen (secondary N) is 1. The van der Waals surface area contributed by atoms with E-state index in [0.29, 0.717) is 30.3 Å². The van der Waals surface area contributed by atoms with Gasteiger partial charge in [-0.3, -0.25) is 14.5 Å². The van der Waals surface area contributed by atoms with Crippen LogP contribution in [0, 0.1) is 0 Å². The van der Waals surface area contributed by atoms with Crippen molar-refractivity contribution in [2.45, 2.75) is 63.1 Å². The second-order valence-corrected chi connectivity index (χ2v) is 5.63. The van der Waals surface area contributed by atoms with Crippen molar-refractivity contribution in [3.63, 3.8) is 0 Å². The van der Waals surface area contributed by atoms with Crippen LogP contribution >= 0.6 is 0 Å². The number of hydrogen-bond acceptors (Lipinski definition) is 3. The van der Waals surface area contributed by atoms with E-state index in [4.69, 9.17) is 0 Å². The maximum absolute atomic E-state index is 11.7. The van der Waals surface area contributed by atoms with E-state index in [1.54, 1.807) is 0 Å². The van der Waals surface area contributed by atoms with Crippen molar-refractivity contribution < 1.29 is 9.59 Å². The molecule has 2 bridgehead atoms. The molecular formula is C13H20N2O2. The molecule has 0 aromatic heterocycles. The molecule has 3 aliphatic rings. The van der Waals surface area contributed by atoms with Gasteiger partial charge in [0.1, 0.15) is 5.78 Å². The molecule has 1 amide bonds. The minimum Gasteiger partial charge on any atom is -0.355 e. The number of piperidine rings is 3. The first kappa shape index (κ1) is 11.2. The van der Waals surface area contributed by atoms with Crippen LogP contribution in [-0.2, 0) is 9.59 Å². The van der Waals surface area contributed by atoms with Crippen molar-refractivity contribution in [2.24, 2.45) is 0 Å². The fourth-order valence-corrected chi connectivity index (χ4v) is 3.78. The largest absolute Gasteiger partial charge is 0.355 e. The standard InChI is InChI=1S/C13H20N2O2/c16-12-6-9-2-1-3-10(7-12)15(9)11-4-5-13(17)14-8-11/h9-11H,1-8H2,(H,14,17). The normalized spacial score (nSPS) is 38.9. The van der Waals surface area contributed by atoms with Crippen LogP contribution in [0.1, 0.15) is 44.9 Å². The van der Waals surface area contributed by atoms with Gasteiger partial charge in [0, 0.05) is 43.9 Å². The Balaban J connectivity index is 1.73. The molecule has 1 N–H and O–H groups in total. The van der Waals surface area contributed by atoms with Crippen LogP contribution in [0.2, 0.25) is 0 Å². The van der Waals surface area contributed by atoms with Crippen molar-refractivity contribution in [1.29, 1.82) is 0 Å². The van der Waals surface area contributed by atoms with E-state index in [-0.39, 0.29) is 5.91 Å². The molecule has 0 aliphatic carbocycles. The van der Waals surface area contributed by atoms with E-state index in [1.165, 1.54) is 6.42 Å². The van der Waals surface area contributed by atoms with Crippen LogP contribution < -0.4 is 5.32 Å². The molecule has 0 saturated carbocycles. The Labute approximate surface area is 102 Å². The maximum Gasteiger partial charge on any atom is 0.220 e. The number of hydrogen-bond donors (Lipinski definition) is 1. The third kappa shape index (κ3) is 2.10. The molecule has 0 aromatic carbocycles. The first-order valence-electron chi connectivity index (χ1n) is 6.80. The minimum absolute atomic E-state index is 0.180. The predicted octanol–water partition coefficient (Wildman–Crippen LogP) is 0.851. The molecule has 3 aliphatic heterocycles. The Bertz CT molecular complexity index is 316. The molecule has 0 spiro atoms. The van der Waals surface area contributed by atoms with E-state index in [9.17, 15) is 9.59 Å². The highest BCUT2D eigenvalue weighted by Gasteiger charge is 2.41. The average molecular weight is 236 g/mol. The van der Waals surface area contributed by atoms with Crippen molar-refractivity contribution in [1.82, 2.24) is 10.2 Å². The fourth-order valence-electron chi connectivity index (χ4n) is 3.78. The Morgan fingerprint density at radius 2 is 1.71 bits per heavy atom. The molecule has 3 saturated heterocycles. The zero-order chi connectivity index (χ0) is 11.8. The Kier molecular flexibility index (Phi) is 2.90. The maximum atomic E-state index is 11.7. The summed E-state index contributed by atoms with van der Waals surface area (Å²) in [5.74, 6) is 0.621. The van der Waals surface area contributed by atoms with Crippen LogP contribution in [0.3, 0.4) is 0 Å². The lowest BCUT2D eigenvalue weighted by Crippen LogP contribution is -2.60. The molecule has 4 heteroatoms. The van der Waals surface area contributed by atoms with Gasteiger partial charge in [0.15, 0.2) is 0 Å². The highest BCUT2D eigenvalue weighted by Crippen LogP contribution is 2.35. The van der Waals surface area contributed by atoms with E-state index in [1.807, 2.05) is 0 Å². The Morgan fingerprint density at radius 1 is 1.00 bits per heavy atom. The lowest BCUT2D eigenvalue weighted by Gasteiger charge is -2.50. The molecule has 3 atom stereocenters. The Hall–Kier alpha value is -0.900. The van der Waals surface area contributed by atoms with E-state index < -0.39 is 0 Å². The molecule has 3 unspecified atom stereocenters. The summed E-state index contributed by atoms with van der Waals surface area (Å²) in [6.45, 7) is 0.778. The number of Topliss-reactive ketones (excluding diaryl/α,β-unsaturated/α-hetero) is 1. The first-order valence-corrected chi connectivity index (χ1v) is 6.80. The zero-order valence-electron chi connectivity index (χ0n) is 10.2. The summed E-state index contributed by atoms with van der Waals surface area (Å²) < 4.78 is 0. The molecule has 94 valence electrons. The van der Waals surface area contributed by atoms with Gasteiger partial charge < -0.3 is 5.32 Å². The van der Waals surface area contributed by atoms with Crippen molar-refractivity contribution >= 4 is 11.7 Å². The summed E-state index contributed by atoms with van der Waals surface area (Å²) in [7, 11) is 0. The average Bonchev–Trinajstić information content (AvgIpc) is 2.29. The highest BCUT2D eigenvalue weighted by molar-refractivity contribution is 5.80. The molecule has 17 heavy (non-hydrogen) atoms. The lowest BCUT2D eigenvalue weighted by molar-refractivity contribution is -0.132. The molecule has 3 heterocycles. The zero-order valence-corrected chi connectivity index (χ0v) is 10.2. The molecule has 0 aromatic rings. The Morgan fingerprint density at radius 3 is 2.29 bits per heavy atom. The fraction of sp³-hybridized carbons (Fsp3) is 0.846. The van der Waals surface area contributed by atoms with E-state index in [0.717, 1.165) is 38.6 Å². The predicted molar refractivity (Wildman–Crippen MR) is 63.5 cm³/mol. The van der Waals surface area contributed by atoms with E-state index >= 15 is 0 Å². The van der Waals surface area contributed by atoms with Crippen molar-refractivity contribution in [3.05, 3.63) is 0 Å². The van der Waals surface area contributed by atoms with Gasteiger partial charge in [0.25, 0.3) is 0 Å². The summed E-state index contributed by atoms with van der Waals surface area (Å²) in [5.41, 5.74) is 0. The smallest absolute Gasteiger partial charge is 0.220 e. The third-order valence-electron chi connectivity index (χ3n) is 4.51. The summed E-state index contributed by atoms with van der Waals surface area (Å²) in [6, 6.07) is 1.38. The van der Waals surface area contributed by atoms with Crippen LogP contribution in [0.25, 0.3) is 0 Å². The molecular weight excluding hydrogens is 216 g/mol. The van der Waals surface area contributed by atoms with E-state index in [2.05, 4.69) is 10.2 Å². The monoisotopic (exact) mass is 236 g/mol. The third-order valence-corrected chi connectivity index (χ3v) is 4.51. The number of nitrogens with zero attached hydrogens (tertiary/aromatic N) is 1. The van der Waals surface area contributed by atoms with Gasteiger partial charge >= 0.3 is 0 Å². The van der Waals surface area contributed by atoms with Gasteiger partial charge in [0.05, 0.1) is 0 Å². The van der Waals surface area contributed by atoms with Crippen LogP contribution in [0.4, 0.5) is 0 Å². The van der Waals surface area contributed by atoms with Crippen LogP contribution in [0.5, 0.6) is 0 Å². The topological polar surface area (TPSA) is 49.4 Å². The number of carbonyl (C=O) groups is 2. The number of amides is 1. The summed E-state index contributed by atoms with van der Waals surface area (Å²) in [4.78, 5) is 25.4. The molecule has 4 nitrogen and oxygen atoms in total. The van der Waals surface area contributed by atoms with Gasteiger partial charge in [-0.05, 0) is 19.3 Å². The van der Waals surface area contributed by atoms with Gasteiger partial charge in [0.2, 0.25) is 5.91 Å². The quantitative estimate of drug-likeness (QED) is 0.734. The van der Waals surface area contributed by atoms with Crippen molar-refractivity contribution in [3.8, 4) is 0 Å². The van der Waals surface area contributed by atoms with Gasteiger partial charge in [-0.1, -0.05) is 6.42 Å². The van der Waals surface area contributed by atoms with Crippen molar-refractivity contribution in [2.75, 3.05) is 6.54 Å².